The number of carbonyl (C=O) groups is 1. The van der Waals surface area contributed by atoms with Gasteiger partial charge in [0.25, 0.3) is 0 Å². The number of aliphatic carboxylic acids is 1. The molecule has 0 amide bonds. The Morgan fingerprint density at radius 3 is 2.95 bits per heavy atom. The second-order valence-electron chi connectivity index (χ2n) is 5.57. The zero-order chi connectivity index (χ0) is 14.8. The largest absolute Gasteiger partial charge is 0.481 e. The maximum atomic E-state index is 11.1. The van der Waals surface area contributed by atoms with Crippen molar-refractivity contribution >= 4 is 5.97 Å². The summed E-state index contributed by atoms with van der Waals surface area (Å²) >= 11 is 0. The number of hydrogen-bond donors (Lipinski definition) is 3. The van der Waals surface area contributed by atoms with Gasteiger partial charge in [-0.1, -0.05) is 0 Å². The van der Waals surface area contributed by atoms with E-state index in [1.165, 1.54) is 0 Å². The van der Waals surface area contributed by atoms with E-state index in [0.717, 1.165) is 30.3 Å². The molecular weight excluding hydrogens is 272 g/mol. The number of nitrogens with one attached hydrogen (secondary N) is 2. The van der Waals surface area contributed by atoms with Gasteiger partial charge in [0.05, 0.1) is 24.9 Å². The van der Waals surface area contributed by atoms with Crippen molar-refractivity contribution in [1.82, 2.24) is 30.3 Å². The Bertz CT molecular complexity index is 608. The quantitative estimate of drug-likeness (QED) is 0.740. The van der Waals surface area contributed by atoms with Crippen molar-refractivity contribution in [2.75, 3.05) is 13.1 Å². The molecule has 1 saturated heterocycles. The molecule has 8 nitrogen and oxygen atoms in total. The molecule has 0 bridgehead atoms. The van der Waals surface area contributed by atoms with Crippen LogP contribution in [0.4, 0.5) is 0 Å². The molecule has 3 N–H and O–H groups in total. The van der Waals surface area contributed by atoms with Crippen LogP contribution in [0.2, 0.25) is 0 Å². The molecule has 0 aliphatic carbocycles. The molecule has 2 atom stereocenters. The van der Waals surface area contributed by atoms with Crippen LogP contribution in [0.3, 0.4) is 0 Å². The first-order valence-electron chi connectivity index (χ1n) is 6.92. The number of rotatable bonds is 5. The van der Waals surface area contributed by atoms with Crippen LogP contribution in [0.15, 0.2) is 12.4 Å². The first-order valence-corrected chi connectivity index (χ1v) is 6.92. The fourth-order valence-corrected chi connectivity index (χ4v) is 3.00. The highest BCUT2D eigenvalue weighted by atomic mass is 16.4. The van der Waals surface area contributed by atoms with Gasteiger partial charge in [-0.15, -0.1) is 0 Å². The Kier molecular flexibility index (Phi) is 3.70. The third kappa shape index (κ3) is 3.10. The van der Waals surface area contributed by atoms with Crippen LogP contribution in [0.5, 0.6) is 0 Å². The number of imidazole rings is 1. The summed E-state index contributed by atoms with van der Waals surface area (Å²) in [4.78, 5) is 20.8. The first kappa shape index (κ1) is 13.7. The van der Waals surface area contributed by atoms with E-state index < -0.39 is 5.97 Å². The Morgan fingerprint density at radius 2 is 2.33 bits per heavy atom. The van der Waals surface area contributed by atoms with Gasteiger partial charge in [-0.05, 0) is 12.8 Å². The molecule has 112 valence electrons. The number of nitrogens with zero attached hydrogens (tertiary/aromatic N) is 4. The normalized spacial score (nSPS) is 22.7. The summed E-state index contributed by atoms with van der Waals surface area (Å²) in [6.07, 6.45) is 3.63. The van der Waals surface area contributed by atoms with Crippen LogP contribution in [0.25, 0.3) is 0 Å². The predicted molar refractivity (Wildman–Crippen MR) is 73.5 cm³/mol. The average Bonchev–Trinajstić information content (AvgIpc) is 3.10. The fraction of sp³-hybridized carbons (Fsp3) is 0.538. The van der Waals surface area contributed by atoms with E-state index >= 15 is 0 Å². The molecule has 8 heteroatoms. The molecule has 1 fully saturated rings. The maximum Gasteiger partial charge on any atom is 0.303 e. The van der Waals surface area contributed by atoms with E-state index in [1.54, 1.807) is 12.4 Å². The van der Waals surface area contributed by atoms with Crippen molar-refractivity contribution in [3.8, 4) is 0 Å². The van der Waals surface area contributed by atoms with Gasteiger partial charge < -0.3 is 10.1 Å². The summed E-state index contributed by atoms with van der Waals surface area (Å²) in [6.45, 7) is 4.15. The zero-order valence-corrected chi connectivity index (χ0v) is 11.8. The maximum absolute atomic E-state index is 11.1. The van der Waals surface area contributed by atoms with Gasteiger partial charge in [0.2, 0.25) is 0 Å². The highest BCUT2D eigenvalue weighted by Crippen LogP contribution is 2.34. The van der Waals surface area contributed by atoms with Crippen LogP contribution in [-0.4, -0.2) is 54.4 Å². The van der Waals surface area contributed by atoms with E-state index in [9.17, 15) is 4.79 Å². The Balaban J connectivity index is 1.72. The zero-order valence-electron chi connectivity index (χ0n) is 11.8. The number of aromatic nitrogens is 5. The molecular formula is C13H18N6O2. The number of H-pyrrole nitrogens is 2. The summed E-state index contributed by atoms with van der Waals surface area (Å²) in [7, 11) is 0. The van der Waals surface area contributed by atoms with E-state index in [4.69, 9.17) is 5.11 Å². The lowest BCUT2D eigenvalue weighted by Gasteiger charge is -2.13. The third-order valence-corrected chi connectivity index (χ3v) is 3.90. The Hall–Kier alpha value is -2.22. The predicted octanol–water partition coefficient (Wildman–Crippen LogP) is 0.527. The number of likely N-dealkylation sites (tertiary alicyclic amines) is 1. The molecule has 3 rings (SSSR count). The lowest BCUT2D eigenvalue weighted by Crippen LogP contribution is -2.21. The number of aromatic amines is 2. The summed E-state index contributed by atoms with van der Waals surface area (Å²) in [5, 5.41) is 19.6. The van der Waals surface area contributed by atoms with Gasteiger partial charge in [-0.3, -0.25) is 9.69 Å². The van der Waals surface area contributed by atoms with Crippen molar-refractivity contribution in [2.24, 2.45) is 5.92 Å². The van der Waals surface area contributed by atoms with Crippen molar-refractivity contribution in [3.05, 3.63) is 29.6 Å². The van der Waals surface area contributed by atoms with Crippen LogP contribution in [0.1, 0.15) is 29.6 Å². The van der Waals surface area contributed by atoms with Gasteiger partial charge in [-0.2, -0.15) is 15.4 Å². The molecule has 2 aromatic heterocycles. The van der Waals surface area contributed by atoms with Crippen LogP contribution in [-0.2, 0) is 11.3 Å². The monoisotopic (exact) mass is 290 g/mol. The molecule has 0 saturated carbocycles. The van der Waals surface area contributed by atoms with Gasteiger partial charge in [0.1, 0.15) is 5.82 Å². The second kappa shape index (κ2) is 5.65. The van der Waals surface area contributed by atoms with Crippen molar-refractivity contribution in [1.29, 1.82) is 0 Å². The summed E-state index contributed by atoms with van der Waals surface area (Å²) < 4.78 is 0. The third-order valence-electron chi connectivity index (χ3n) is 3.90. The van der Waals surface area contributed by atoms with Crippen molar-refractivity contribution < 1.29 is 9.90 Å². The number of carboxylic acids is 1. The Morgan fingerprint density at radius 1 is 1.48 bits per heavy atom. The molecule has 3 heterocycles. The van der Waals surface area contributed by atoms with Gasteiger partial charge >= 0.3 is 5.97 Å². The first-order chi connectivity index (χ1) is 10.1. The minimum atomic E-state index is -0.774. The van der Waals surface area contributed by atoms with E-state index in [2.05, 4.69) is 30.3 Å². The summed E-state index contributed by atoms with van der Waals surface area (Å²) in [6, 6.07) is 0. The summed E-state index contributed by atoms with van der Waals surface area (Å²) in [5.74, 6) is 0.270. The number of carboxylic acid groups (broad SMARTS) is 1. The lowest BCUT2D eigenvalue weighted by molar-refractivity contribution is -0.138. The molecule has 21 heavy (non-hydrogen) atoms. The van der Waals surface area contributed by atoms with Crippen LogP contribution >= 0.6 is 0 Å². The minimum Gasteiger partial charge on any atom is -0.481 e. The minimum absolute atomic E-state index is 0.0451. The Labute approximate surface area is 121 Å². The van der Waals surface area contributed by atoms with Crippen molar-refractivity contribution in [3.63, 3.8) is 0 Å². The number of aryl methyl sites for hydroxylation is 1. The molecule has 0 unspecified atom stereocenters. The van der Waals surface area contributed by atoms with Crippen LogP contribution in [0, 0.1) is 12.8 Å². The van der Waals surface area contributed by atoms with E-state index in [0.29, 0.717) is 6.54 Å². The smallest absolute Gasteiger partial charge is 0.303 e. The molecule has 0 radical (unpaired) electrons. The van der Waals surface area contributed by atoms with Gasteiger partial charge in [0, 0.05) is 30.9 Å². The van der Waals surface area contributed by atoms with E-state index in [1.807, 2.05) is 6.92 Å². The van der Waals surface area contributed by atoms with Crippen LogP contribution < -0.4 is 0 Å². The number of hydrogen-bond acceptors (Lipinski definition) is 5. The van der Waals surface area contributed by atoms with Crippen molar-refractivity contribution in [2.45, 2.75) is 25.8 Å². The average molecular weight is 290 g/mol. The highest BCUT2D eigenvalue weighted by Gasteiger charge is 2.36. The SMILES string of the molecule is Cc1cnc(CN2C[C@@H](CC(=O)O)[C@@H](c3cn[nH]n3)C2)[nH]1. The highest BCUT2D eigenvalue weighted by molar-refractivity contribution is 5.67. The van der Waals surface area contributed by atoms with E-state index in [-0.39, 0.29) is 18.3 Å². The molecule has 1 aliphatic rings. The second-order valence-corrected chi connectivity index (χ2v) is 5.57. The fourth-order valence-electron chi connectivity index (χ4n) is 3.00. The molecule has 0 spiro atoms. The standard InChI is InChI=1S/C13H18N6O2/c1-8-3-14-12(16-8)7-19-5-9(2-13(20)21)10(6-19)11-4-15-18-17-11/h3-4,9-10H,2,5-7H2,1H3,(H,14,16)(H,20,21)(H,15,17,18)/t9-,10+/m1/s1. The molecule has 2 aromatic rings. The van der Waals surface area contributed by atoms with Gasteiger partial charge in [0.15, 0.2) is 0 Å². The lowest BCUT2D eigenvalue weighted by atomic mass is 9.91. The molecule has 1 aliphatic heterocycles. The van der Waals surface area contributed by atoms with Gasteiger partial charge in [-0.25, -0.2) is 4.98 Å². The molecule has 0 aromatic carbocycles. The summed E-state index contributed by atoms with van der Waals surface area (Å²) in [5.41, 5.74) is 1.86. The topological polar surface area (TPSA) is 111 Å².